The van der Waals surface area contributed by atoms with E-state index >= 15 is 0 Å². The van der Waals surface area contributed by atoms with Gasteiger partial charge in [-0.25, -0.2) is 0 Å². The molecule has 6 heteroatoms. The Morgan fingerprint density at radius 1 is 1.57 bits per heavy atom. The van der Waals surface area contributed by atoms with Crippen molar-refractivity contribution in [2.24, 2.45) is 0 Å². The molecule has 1 saturated heterocycles. The second-order valence-electron chi connectivity index (χ2n) is 5.25. The predicted molar refractivity (Wildman–Crippen MR) is 81.7 cm³/mol. The molecule has 0 aliphatic carbocycles. The van der Waals surface area contributed by atoms with Crippen molar-refractivity contribution in [3.63, 3.8) is 0 Å². The zero-order valence-corrected chi connectivity index (χ0v) is 12.8. The lowest BCUT2D eigenvalue weighted by Crippen LogP contribution is -2.40. The van der Waals surface area contributed by atoms with Gasteiger partial charge in [-0.2, -0.15) is 0 Å². The lowest BCUT2D eigenvalue weighted by Gasteiger charge is -2.12. The number of aryl methyl sites for hydroxylation is 1. The van der Waals surface area contributed by atoms with Crippen molar-refractivity contribution in [2.75, 3.05) is 19.7 Å². The van der Waals surface area contributed by atoms with E-state index in [0.29, 0.717) is 31.1 Å². The summed E-state index contributed by atoms with van der Waals surface area (Å²) in [6.07, 6.45) is 0.784. The third-order valence-electron chi connectivity index (χ3n) is 3.44. The summed E-state index contributed by atoms with van der Waals surface area (Å²) in [5.74, 6) is 0.750. The van der Waals surface area contributed by atoms with Crippen molar-refractivity contribution < 1.29 is 14.6 Å². The Hall–Kier alpha value is -1.30. The Labute approximate surface area is 129 Å². The molecular formula is C15H21ClN2O3. The van der Waals surface area contributed by atoms with E-state index in [1.807, 2.05) is 19.1 Å². The Balaban J connectivity index is 1.62. The first-order valence-corrected chi connectivity index (χ1v) is 7.52. The van der Waals surface area contributed by atoms with E-state index in [9.17, 15) is 9.90 Å². The van der Waals surface area contributed by atoms with Crippen LogP contribution in [0.2, 0.25) is 5.02 Å². The van der Waals surface area contributed by atoms with Crippen molar-refractivity contribution in [3.8, 4) is 5.75 Å². The number of halogens is 1. The molecule has 1 aliphatic heterocycles. The molecule has 0 aromatic heterocycles. The number of aliphatic hydroxyl groups is 1. The number of carbonyl (C=O) groups excluding carboxylic acids is 1. The molecule has 2 rings (SSSR count). The van der Waals surface area contributed by atoms with Crippen LogP contribution in [0, 0.1) is 6.92 Å². The number of benzene rings is 1. The minimum Gasteiger partial charge on any atom is -0.493 e. The molecule has 3 N–H and O–H groups in total. The average Bonchev–Trinajstić information content (AvgIpc) is 2.87. The molecule has 21 heavy (non-hydrogen) atoms. The van der Waals surface area contributed by atoms with E-state index in [2.05, 4.69) is 10.6 Å². The molecule has 0 saturated carbocycles. The number of hydrogen-bond donors (Lipinski definition) is 3. The van der Waals surface area contributed by atoms with Crippen molar-refractivity contribution in [1.29, 1.82) is 0 Å². The average molecular weight is 313 g/mol. The normalized spacial score (nSPS) is 21.3. The van der Waals surface area contributed by atoms with Gasteiger partial charge >= 0.3 is 0 Å². The summed E-state index contributed by atoms with van der Waals surface area (Å²) in [6.45, 7) is 3.51. The Morgan fingerprint density at radius 2 is 2.38 bits per heavy atom. The van der Waals surface area contributed by atoms with Crippen LogP contribution in [0.4, 0.5) is 0 Å². The number of ether oxygens (including phenoxy) is 1. The fourth-order valence-electron chi connectivity index (χ4n) is 2.28. The van der Waals surface area contributed by atoms with Crippen LogP contribution in [-0.2, 0) is 4.79 Å². The largest absolute Gasteiger partial charge is 0.493 e. The van der Waals surface area contributed by atoms with Crippen LogP contribution >= 0.6 is 11.6 Å². The zero-order valence-electron chi connectivity index (χ0n) is 12.1. The molecule has 1 aromatic carbocycles. The minimum absolute atomic E-state index is 0.0609. The van der Waals surface area contributed by atoms with Gasteiger partial charge in [0.05, 0.1) is 18.8 Å². The second-order valence-corrected chi connectivity index (χ2v) is 5.69. The van der Waals surface area contributed by atoms with Gasteiger partial charge in [-0.05, 0) is 43.5 Å². The first kappa shape index (κ1) is 16.1. The molecule has 0 spiro atoms. The van der Waals surface area contributed by atoms with E-state index in [1.165, 1.54) is 0 Å². The van der Waals surface area contributed by atoms with Gasteiger partial charge in [-0.1, -0.05) is 11.6 Å². The lowest BCUT2D eigenvalue weighted by molar-refractivity contribution is -0.122. The number of nitrogens with one attached hydrogen (secondary N) is 2. The molecule has 2 atom stereocenters. The highest BCUT2D eigenvalue weighted by atomic mass is 35.5. The maximum absolute atomic E-state index is 11.8. The maximum Gasteiger partial charge on any atom is 0.237 e. The van der Waals surface area contributed by atoms with Crippen LogP contribution in [0.5, 0.6) is 5.75 Å². The lowest BCUT2D eigenvalue weighted by atomic mass is 10.2. The monoisotopic (exact) mass is 312 g/mol. The van der Waals surface area contributed by atoms with Crippen molar-refractivity contribution in [2.45, 2.75) is 31.9 Å². The van der Waals surface area contributed by atoms with Crippen LogP contribution in [0.15, 0.2) is 18.2 Å². The molecular weight excluding hydrogens is 292 g/mol. The summed E-state index contributed by atoms with van der Waals surface area (Å²) in [5, 5.41) is 15.9. The SMILES string of the molecule is Cc1cc(Cl)ccc1OCCCNC(=O)C1CC(O)CN1. The Kier molecular flexibility index (Phi) is 5.85. The predicted octanol–water partition coefficient (Wildman–Crippen LogP) is 1.26. The minimum atomic E-state index is -0.419. The Morgan fingerprint density at radius 3 is 3.05 bits per heavy atom. The van der Waals surface area contributed by atoms with Crippen molar-refractivity contribution in [3.05, 3.63) is 28.8 Å². The fourth-order valence-corrected chi connectivity index (χ4v) is 2.51. The van der Waals surface area contributed by atoms with E-state index in [1.54, 1.807) is 6.07 Å². The highest BCUT2D eigenvalue weighted by molar-refractivity contribution is 6.30. The third-order valence-corrected chi connectivity index (χ3v) is 3.67. The number of carbonyl (C=O) groups is 1. The summed E-state index contributed by atoms with van der Waals surface area (Å²) in [6, 6.07) is 5.22. The van der Waals surface area contributed by atoms with Gasteiger partial charge in [0.2, 0.25) is 5.91 Å². The molecule has 5 nitrogen and oxygen atoms in total. The fraction of sp³-hybridized carbons (Fsp3) is 0.533. The molecule has 1 aromatic rings. The van der Waals surface area contributed by atoms with E-state index in [4.69, 9.17) is 16.3 Å². The quantitative estimate of drug-likeness (QED) is 0.692. The number of rotatable bonds is 6. The highest BCUT2D eigenvalue weighted by Crippen LogP contribution is 2.21. The first-order chi connectivity index (χ1) is 10.1. The van der Waals surface area contributed by atoms with Crippen LogP contribution in [0.1, 0.15) is 18.4 Å². The molecule has 1 amide bonds. The van der Waals surface area contributed by atoms with E-state index in [-0.39, 0.29) is 11.9 Å². The summed E-state index contributed by atoms with van der Waals surface area (Å²) >= 11 is 5.88. The van der Waals surface area contributed by atoms with Crippen LogP contribution in [0.25, 0.3) is 0 Å². The number of β-amino-alcohol motifs (C(OH)–C–C–N with tert-alkyl or cyclic N) is 1. The summed E-state index contributed by atoms with van der Waals surface area (Å²) in [7, 11) is 0. The van der Waals surface area contributed by atoms with Crippen molar-refractivity contribution >= 4 is 17.5 Å². The van der Waals surface area contributed by atoms with Gasteiger partial charge in [-0.15, -0.1) is 0 Å². The van der Waals surface area contributed by atoms with Gasteiger partial charge in [0.15, 0.2) is 0 Å². The van der Waals surface area contributed by atoms with Gasteiger partial charge < -0.3 is 20.5 Å². The standard InChI is InChI=1S/C15H21ClN2O3/c1-10-7-11(16)3-4-14(10)21-6-2-5-17-15(20)13-8-12(19)9-18-13/h3-4,7,12-13,18-19H,2,5-6,8-9H2,1H3,(H,17,20). The van der Waals surface area contributed by atoms with Gasteiger partial charge in [-0.3, -0.25) is 4.79 Å². The van der Waals surface area contributed by atoms with E-state index < -0.39 is 6.10 Å². The summed E-state index contributed by atoms with van der Waals surface area (Å²) in [5.41, 5.74) is 0.996. The van der Waals surface area contributed by atoms with Crippen LogP contribution in [-0.4, -0.2) is 42.9 Å². The number of amides is 1. The molecule has 116 valence electrons. The van der Waals surface area contributed by atoms with Gasteiger partial charge in [0.1, 0.15) is 5.75 Å². The molecule has 1 fully saturated rings. The van der Waals surface area contributed by atoms with E-state index in [0.717, 1.165) is 17.7 Å². The molecule has 0 bridgehead atoms. The smallest absolute Gasteiger partial charge is 0.237 e. The number of hydrogen-bond acceptors (Lipinski definition) is 4. The highest BCUT2D eigenvalue weighted by Gasteiger charge is 2.27. The second kappa shape index (κ2) is 7.64. The molecule has 1 heterocycles. The van der Waals surface area contributed by atoms with Crippen LogP contribution < -0.4 is 15.4 Å². The maximum atomic E-state index is 11.8. The van der Waals surface area contributed by atoms with Crippen LogP contribution in [0.3, 0.4) is 0 Å². The van der Waals surface area contributed by atoms with Gasteiger partial charge in [0.25, 0.3) is 0 Å². The molecule has 2 unspecified atom stereocenters. The molecule has 0 radical (unpaired) electrons. The first-order valence-electron chi connectivity index (χ1n) is 7.14. The molecule has 1 aliphatic rings. The third kappa shape index (κ3) is 4.88. The Bertz CT molecular complexity index is 496. The van der Waals surface area contributed by atoms with Crippen molar-refractivity contribution in [1.82, 2.24) is 10.6 Å². The zero-order chi connectivity index (χ0) is 15.2. The number of aliphatic hydroxyl groups excluding tert-OH is 1. The summed E-state index contributed by atoms with van der Waals surface area (Å²) < 4.78 is 5.65. The summed E-state index contributed by atoms with van der Waals surface area (Å²) in [4.78, 5) is 11.8. The van der Waals surface area contributed by atoms with Gasteiger partial charge in [0, 0.05) is 18.1 Å². The topological polar surface area (TPSA) is 70.6 Å².